The summed E-state index contributed by atoms with van der Waals surface area (Å²) in [5, 5.41) is 0. The van der Waals surface area contributed by atoms with Gasteiger partial charge in [0.25, 0.3) is 0 Å². The van der Waals surface area contributed by atoms with E-state index in [1.807, 2.05) is 6.92 Å². The smallest absolute Gasteiger partial charge is 0.239 e. The van der Waals surface area contributed by atoms with Crippen molar-refractivity contribution in [3.8, 4) is 0 Å². The third-order valence-corrected chi connectivity index (χ3v) is 2.63. The Labute approximate surface area is 96.9 Å². The minimum Gasteiger partial charge on any atom is -0.379 e. The zero-order valence-electron chi connectivity index (χ0n) is 10.1. The van der Waals surface area contributed by atoms with Gasteiger partial charge in [-0.1, -0.05) is 0 Å². The van der Waals surface area contributed by atoms with Crippen LogP contribution in [0.5, 0.6) is 0 Å². The van der Waals surface area contributed by atoms with E-state index in [9.17, 15) is 4.79 Å². The third-order valence-electron chi connectivity index (χ3n) is 2.63. The Hall–Kier alpha value is -0.650. The molecule has 1 saturated heterocycles. The summed E-state index contributed by atoms with van der Waals surface area (Å²) in [4.78, 5) is 13.4. The number of ether oxygens (including phenoxy) is 2. The second-order valence-electron chi connectivity index (χ2n) is 4.05. The number of likely N-dealkylation sites (tertiary alicyclic amines) is 1. The zero-order valence-corrected chi connectivity index (χ0v) is 10.1. The molecule has 5 heteroatoms. The molecule has 1 fully saturated rings. The SMILES string of the molecule is CCOCCO[C@H]1CCN(C(=O)C(C)N)C1. The van der Waals surface area contributed by atoms with Gasteiger partial charge in [-0.05, 0) is 20.3 Å². The standard InChI is InChI=1S/C11H22N2O3/c1-3-15-6-7-16-10-4-5-13(8-10)11(14)9(2)12/h9-10H,3-8,12H2,1-2H3/t9?,10-/m0/s1. The fourth-order valence-corrected chi connectivity index (χ4v) is 1.77. The average Bonchev–Trinajstić information content (AvgIpc) is 2.72. The van der Waals surface area contributed by atoms with Gasteiger partial charge in [-0.25, -0.2) is 0 Å². The van der Waals surface area contributed by atoms with Crippen molar-refractivity contribution in [2.24, 2.45) is 5.73 Å². The first-order chi connectivity index (χ1) is 7.65. The Balaban J connectivity index is 2.17. The van der Waals surface area contributed by atoms with Crippen LogP contribution in [-0.4, -0.2) is 55.9 Å². The summed E-state index contributed by atoms with van der Waals surface area (Å²) in [6.45, 7) is 7.01. The van der Waals surface area contributed by atoms with Crippen LogP contribution in [0.15, 0.2) is 0 Å². The van der Waals surface area contributed by atoms with Crippen molar-refractivity contribution in [1.29, 1.82) is 0 Å². The zero-order chi connectivity index (χ0) is 12.0. The number of carbonyl (C=O) groups is 1. The molecule has 0 aliphatic carbocycles. The van der Waals surface area contributed by atoms with E-state index in [-0.39, 0.29) is 12.0 Å². The number of nitrogens with two attached hydrogens (primary N) is 1. The van der Waals surface area contributed by atoms with Crippen LogP contribution in [0.3, 0.4) is 0 Å². The molecule has 0 radical (unpaired) electrons. The molecular weight excluding hydrogens is 208 g/mol. The summed E-state index contributed by atoms with van der Waals surface area (Å²) in [5.41, 5.74) is 5.55. The predicted molar refractivity (Wildman–Crippen MR) is 61.1 cm³/mol. The van der Waals surface area contributed by atoms with Crippen molar-refractivity contribution in [2.45, 2.75) is 32.4 Å². The minimum atomic E-state index is -0.415. The Morgan fingerprint density at radius 1 is 1.56 bits per heavy atom. The van der Waals surface area contributed by atoms with E-state index >= 15 is 0 Å². The van der Waals surface area contributed by atoms with Crippen LogP contribution in [0.2, 0.25) is 0 Å². The lowest BCUT2D eigenvalue weighted by Gasteiger charge is -2.18. The van der Waals surface area contributed by atoms with E-state index in [1.54, 1.807) is 11.8 Å². The highest BCUT2D eigenvalue weighted by molar-refractivity contribution is 5.81. The summed E-state index contributed by atoms with van der Waals surface area (Å²) in [7, 11) is 0. The van der Waals surface area contributed by atoms with Crippen LogP contribution in [0.25, 0.3) is 0 Å². The van der Waals surface area contributed by atoms with Gasteiger partial charge < -0.3 is 20.1 Å². The molecule has 1 unspecified atom stereocenters. The molecule has 2 atom stereocenters. The van der Waals surface area contributed by atoms with Gasteiger partial charge in [-0.3, -0.25) is 4.79 Å². The lowest BCUT2D eigenvalue weighted by atomic mass is 10.3. The van der Waals surface area contributed by atoms with Crippen molar-refractivity contribution < 1.29 is 14.3 Å². The van der Waals surface area contributed by atoms with Gasteiger partial charge in [0.05, 0.1) is 25.4 Å². The molecule has 0 aromatic heterocycles. The van der Waals surface area contributed by atoms with E-state index < -0.39 is 6.04 Å². The summed E-state index contributed by atoms with van der Waals surface area (Å²) in [6, 6.07) is -0.415. The first kappa shape index (κ1) is 13.4. The second kappa shape index (κ2) is 6.83. The van der Waals surface area contributed by atoms with E-state index in [2.05, 4.69) is 0 Å². The van der Waals surface area contributed by atoms with Gasteiger partial charge in [0.1, 0.15) is 0 Å². The van der Waals surface area contributed by atoms with Gasteiger partial charge in [-0.2, -0.15) is 0 Å². The van der Waals surface area contributed by atoms with Crippen molar-refractivity contribution in [2.75, 3.05) is 32.9 Å². The lowest BCUT2D eigenvalue weighted by Crippen LogP contribution is -2.41. The Kier molecular flexibility index (Phi) is 5.73. The van der Waals surface area contributed by atoms with Crippen LogP contribution in [0, 0.1) is 0 Å². The maximum atomic E-state index is 11.6. The van der Waals surface area contributed by atoms with E-state index in [0.717, 1.165) is 13.0 Å². The molecule has 1 rings (SSSR count). The van der Waals surface area contributed by atoms with Crippen LogP contribution in [0.4, 0.5) is 0 Å². The quantitative estimate of drug-likeness (QED) is 0.652. The van der Waals surface area contributed by atoms with Crippen LogP contribution < -0.4 is 5.73 Å². The molecule has 2 N–H and O–H groups in total. The number of hydrogen-bond donors (Lipinski definition) is 1. The van der Waals surface area contributed by atoms with Gasteiger partial charge in [0.15, 0.2) is 0 Å². The van der Waals surface area contributed by atoms with Gasteiger partial charge in [0, 0.05) is 19.7 Å². The van der Waals surface area contributed by atoms with E-state index in [0.29, 0.717) is 26.4 Å². The topological polar surface area (TPSA) is 64.8 Å². The molecule has 16 heavy (non-hydrogen) atoms. The van der Waals surface area contributed by atoms with Gasteiger partial charge >= 0.3 is 0 Å². The molecule has 0 spiro atoms. The number of carbonyl (C=O) groups excluding carboxylic acids is 1. The van der Waals surface area contributed by atoms with Crippen molar-refractivity contribution in [1.82, 2.24) is 4.90 Å². The molecule has 0 aromatic carbocycles. The fourth-order valence-electron chi connectivity index (χ4n) is 1.77. The van der Waals surface area contributed by atoms with Crippen molar-refractivity contribution >= 4 is 5.91 Å². The lowest BCUT2D eigenvalue weighted by molar-refractivity contribution is -0.131. The van der Waals surface area contributed by atoms with Crippen molar-refractivity contribution in [3.63, 3.8) is 0 Å². The number of rotatable bonds is 6. The Morgan fingerprint density at radius 2 is 2.31 bits per heavy atom. The molecular formula is C11H22N2O3. The molecule has 0 bridgehead atoms. The summed E-state index contributed by atoms with van der Waals surface area (Å²) in [6.07, 6.45) is 1.04. The highest BCUT2D eigenvalue weighted by atomic mass is 16.5. The second-order valence-corrected chi connectivity index (χ2v) is 4.05. The minimum absolute atomic E-state index is 0.0101. The van der Waals surface area contributed by atoms with E-state index in [4.69, 9.17) is 15.2 Å². The molecule has 94 valence electrons. The molecule has 0 saturated carbocycles. The van der Waals surface area contributed by atoms with Crippen molar-refractivity contribution in [3.05, 3.63) is 0 Å². The fraction of sp³-hybridized carbons (Fsp3) is 0.909. The molecule has 5 nitrogen and oxygen atoms in total. The normalized spacial score (nSPS) is 22.4. The van der Waals surface area contributed by atoms with Gasteiger partial charge in [0.2, 0.25) is 5.91 Å². The molecule has 0 aromatic rings. The maximum Gasteiger partial charge on any atom is 0.239 e. The predicted octanol–water partition coefficient (Wildman–Crippen LogP) is -0.0124. The van der Waals surface area contributed by atoms with Crippen LogP contribution in [0.1, 0.15) is 20.3 Å². The summed E-state index contributed by atoms with van der Waals surface area (Å²) >= 11 is 0. The third kappa shape index (κ3) is 4.08. The molecule has 1 aliphatic rings. The number of amides is 1. The Morgan fingerprint density at radius 3 is 2.94 bits per heavy atom. The number of nitrogens with zero attached hydrogens (tertiary/aromatic N) is 1. The monoisotopic (exact) mass is 230 g/mol. The maximum absolute atomic E-state index is 11.6. The summed E-state index contributed by atoms with van der Waals surface area (Å²) in [5.74, 6) is 0.0101. The molecule has 1 amide bonds. The van der Waals surface area contributed by atoms with Crippen LogP contribution >= 0.6 is 0 Å². The Bertz CT molecular complexity index is 221. The summed E-state index contributed by atoms with van der Waals surface area (Å²) < 4.78 is 10.8. The largest absolute Gasteiger partial charge is 0.379 e. The van der Waals surface area contributed by atoms with E-state index in [1.165, 1.54) is 0 Å². The average molecular weight is 230 g/mol. The molecule has 1 heterocycles. The first-order valence-electron chi connectivity index (χ1n) is 5.88. The first-order valence-corrected chi connectivity index (χ1v) is 5.88. The molecule has 1 aliphatic heterocycles. The number of hydrogen-bond acceptors (Lipinski definition) is 4. The van der Waals surface area contributed by atoms with Gasteiger partial charge in [-0.15, -0.1) is 0 Å². The highest BCUT2D eigenvalue weighted by Crippen LogP contribution is 2.13. The van der Waals surface area contributed by atoms with Crippen LogP contribution in [-0.2, 0) is 14.3 Å². The highest BCUT2D eigenvalue weighted by Gasteiger charge is 2.27.